The Bertz CT molecular complexity index is 620. The van der Waals surface area contributed by atoms with E-state index in [0.29, 0.717) is 5.75 Å². The van der Waals surface area contributed by atoms with Crippen LogP contribution in [-0.2, 0) is 10.8 Å². The average Bonchev–Trinajstić information content (AvgIpc) is 3.06. The van der Waals surface area contributed by atoms with Crippen molar-refractivity contribution in [1.82, 2.24) is 9.88 Å². The van der Waals surface area contributed by atoms with Crippen molar-refractivity contribution in [3.63, 3.8) is 0 Å². The zero-order valence-corrected chi connectivity index (χ0v) is 13.0. The number of nitrogens with zero attached hydrogens (tertiary/aromatic N) is 2. The summed E-state index contributed by atoms with van der Waals surface area (Å²) in [5.74, 6) is 0.700. The summed E-state index contributed by atoms with van der Waals surface area (Å²) in [5.41, 5.74) is 7.38. The molecule has 1 aliphatic heterocycles. The third-order valence-corrected chi connectivity index (χ3v) is 6.35. The predicted molar refractivity (Wildman–Crippen MR) is 85.6 cm³/mol. The van der Waals surface area contributed by atoms with Gasteiger partial charge in [0.05, 0.1) is 21.0 Å². The minimum atomic E-state index is -0.983. The van der Waals surface area contributed by atoms with Crippen molar-refractivity contribution in [2.24, 2.45) is 0 Å². The van der Waals surface area contributed by atoms with Gasteiger partial charge in [-0.25, -0.2) is 4.98 Å². The minimum Gasteiger partial charge on any atom is -0.399 e. The van der Waals surface area contributed by atoms with Crippen molar-refractivity contribution in [2.45, 2.75) is 23.6 Å². The molecular weight excluding hydrogens is 290 g/mol. The molecule has 0 amide bonds. The normalized spacial score (nSPS) is 17.8. The Morgan fingerprint density at radius 2 is 2.15 bits per heavy atom. The summed E-state index contributed by atoms with van der Waals surface area (Å²) < 4.78 is 14.0. The van der Waals surface area contributed by atoms with E-state index in [0.717, 1.165) is 33.2 Å². The maximum Gasteiger partial charge on any atom is 0.181 e. The number of anilines is 1. The Kier molecular flexibility index (Phi) is 4.33. The monoisotopic (exact) mass is 309 g/mol. The van der Waals surface area contributed by atoms with E-state index in [2.05, 4.69) is 9.88 Å². The van der Waals surface area contributed by atoms with Crippen LogP contribution in [0.1, 0.15) is 19.3 Å². The molecule has 108 valence electrons. The molecule has 2 heterocycles. The number of nitrogen functional groups attached to an aromatic ring is 1. The first-order valence-corrected chi connectivity index (χ1v) is 9.13. The van der Waals surface area contributed by atoms with Gasteiger partial charge < -0.3 is 10.6 Å². The van der Waals surface area contributed by atoms with Crippen LogP contribution >= 0.6 is 11.3 Å². The van der Waals surface area contributed by atoms with Crippen molar-refractivity contribution in [1.29, 1.82) is 0 Å². The second-order valence-corrected chi connectivity index (χ2v) is 7.93. The van der Waals surface area contributed by atoms with Gasteiger partial charge in [0, 0.05) is 11.4 Å². The van der Waals surface area contributed by atoms with Gasteiger partial charge in [-0.2, -0.15) is 0 Å². The van der Waals surface area contributed by atoms with Crippen LogP contribution in [0.5, 0.6) is 0 Å². The summed E-state index contributed by atoms with van der Waals surface area (Å²) in [6.07, 6.45) is 3.59. The van der Waals surface area contributed by atoms with E-state index in [9.17, 15) is 4.21 Å². The molecule has 3 rings (SSSR count). The Morgan fingerprint density at radius 1 is 1.35 bits per heavy atom. The number of benzene rings is 1. The molecule has 0 radical (unpaired) electrons. The summed E-state index contributed by atoms with van der Waals surface area (Å²) >= 11 is 1.50. The summed E-state index contributed by atoms with van der Waals surface area (Å²) in [4.78, 5) is 6.91. The van der Waals surface area contributed by atoms with Crippen LogP contribution in [-0.4, -0.2) is 39.5 Å². The van der Waals surface area contributed by atoms with Gasteiger partial charge in [0.15, 0.2) is 4.34 Å². The van der Waals surface area contributed by atoms with Crippen LogP contribution in [0.2, 0.25) is 0 Å². The summed E-state index contributed by atoms with van der Waals surface area (Å²) in [5, 5.41) is 0. The molecule has 1 aromatic heterocycles. The third-order valence-electron chi connectivity index (χ3n) is 3.59. The van der Waals surface area contributed by atoms with Crippen LogP contribution in [0.15, 0.2) is 22.5 Å². The van der Waals surface area contributed by atoms with Crippen LogP contribution in [0.3, 0.4) is 0 Å². The first kappa shape index (κ1) is 14.0. The fourth-order valence-electron chi connectivity index (χ4n) is 2.53. The topological polar surface area (TPSA) is 59.2 Å². The Balaban J connectivity index is 1.60. The van der Waals surface area contributed by atoms with Crippen molar-refractivity contribution in [3.05, 3.63) is 18.2 Å². The third kappa shape index (κ3) is 3.19. The molecule has 6 heteroatoms. The largest absolute Gasteiger partial charge is 0.399 e. The van der Waals surface area contributed by atoms with E-state index in [1.54, 1.807) is 0 Å². The lowest BCUT2D eigenvalue weighted by molar-refractivity contribution is 0.340. The summed E-state index contributed by atoms with van der Waals surface area (Å²) in [6.45, 7) is 3.46. The van der Waals surface area contributed by atoms with Gasteiger partial charge in [0.2, 0.25) is 0 Å². The molecule has 1 atom stereocenters. The fourth-order valence-corrected chi connectivity index (χ4v) is 4.93. The second-order valence-electron chi connectivity index (χ2n) is 5.16. The van der Waals surface area contributed by atoms with Gasteiger partial charge in [0.25, 0.3) is 0 Å². The number of hydrogen-bond donors (Lipinski definition) is 1. The fraction of sp³-hybridized carbons (Fsp3) is 0.500. The number of thiazole rings is 1. The molecule has 20 heavy (non-hydrogen) atoms. The summed E-state index contributed by atoms with van der Waals surface area (Å²) in [7, 11) is -0.983. The predicted octanol–water partition coefficient (Wildman–Crippen LogP) is 2.47. The second kappa shape index (κ2) is 6.20. The SMILES string of the molecule is Nc1ccc2nc(S(=O)CCCN3CCCC3)sc2c1. The smallest absolute Gasteiger partial charge is 0.181 e. The van der Waals surface area contributed by atoms with Crippen molar-refractivity contribution in [3.8, 4) is 0 Å². The Labute approximate surface area is 125 Å². The molecule has 0 spiro atoms. The maximum atomic E-state index is 12.3. The standard InChI is InChI=1S/C14H19N3OS2/c15-11-4-5-12-13(10-11)19-14(16-12)20(18)9-3-8-17-6-1-2-7-17/h4-5,10H,1-3,6-9,15H2. The molecule has 1 saturated heterocycles. The van der Waals surface area contributed by atoms with Gasteiger partial charge in [-0.3, -0.25) is 4.21 Å². The van der Waals surface area contributed by atoms with Crippen molar-refractivity contribution < 1.29 is 4.21 Å². The van der Waals surface area contributed by atoms with Gasteiger partial charge in [-0.15, -0.1) is 11.3 Å². The molecule has 0 bridgehead atoms. The van der Waals surface area contributed by atoms with Crippen LogP contribution in [0.4, 0.5) is 5.69 Å². The maximum absolute atomic E-state index is 12.3. The first-order chi connectivity index (χ1) is 9.72. The molecule has 1 unspecified atom stereocenters. The molecule has 1 fully saturated rings. The number of likely N-dealkylation sites (tertiary alicyclic amines) is 1. The van der Waals surface area contributed by atoms with Crippen LogP contribution in [0.25, 0.3) is 10.2 Å². The molecule has 4 nitrogen and oxygen atoms in total. The highest BCUT2D eigenvalue weighted by atomic mass is 32.2. The van der Waals surface area contributed by atoms with Crippen molar-refractivity contribution >= 4 is 38.0 Å². The minimum absolute atomic E-state index is 0.700. The quantitative estimate of drug-likeness (QED) is 0.862. The number of hydrogen-bond acceptors (Lipinski definition) is 5. The van der Waals surface area contributed by atoms with Gasteiger partial charge in [0.1, 0.15) is 0 Å². The molecule has 1 aliphatic rings. The lowest BCUT2D eigenvalue weighted by atomic mass is 10.3. The lowest BCUT2D eigenvalue weighted by Gasteiger charge is -2.13. The van der Waals surface area contributed by atoms with E-state index in [1.807, 2.05) is 18.2 Å². The molecule has 2 aromatic rings. The van der Waals surface area contributed by atoms with E-state index < -0.39 is 10.8 Å². The Morgan fingerprint density at radius 3 is 2.95 bits per heavy atom. The molecule has 0 aliphatic carbocycles. The summed E-state index contributed by atoms with van der Waals surface area (Å²) in [6, 6.07) is 5.63. The highest BCUT2D eigenvalue weighted by molar-refractivity contribution is 7.87. The van der Waals surface area contributed by atoms with E-state index in [4.69, 9.17) is 5.73 Å². The highest BCUT2D eigenvalue weighted by Crippen LogP contribution is 2.26. The van der Waals surface area contributed by atoms with Gasteiger partial charge in [-0.05, 0) is 57.1 Å². The highest BCUT2D eigenvalue weighted by Gasteiger charge is 2.14. The zero-order valence-electron chi connectivity index (χ0n) is 11.4. The van der Waals surface area contributed by atoms with Crippen LogP contribution < -0.4 is 5.73 Å². The van der Waals surface area contributed by atoms with E-state index >= 15 is 0 Å². The molecule has 2 N–H and O–H groups in total. The molecular formula is C14H19N3OS2. The van der Waals surface area contributed by atoms with E-state index in [-0.39, 0.29) is 0 Å². The molecule has 1 aromatic carbocycles. The van der Waals surface area contributed by atoms with Gasteiger partial charge >= 0.3 is 0 Å². The number of rotatable bonds is 5. The number of aromatic nitrogens is 1. The van der Waals surface area contributed by atoms with Crippen molar-refractivity contribution in [2.75, 3.05) is 31.1 Å². The first-order valence-electron chi connectivity index (χ1n) is 6.99. The van der Waals surface area contributed by atoms with Gasteiger partial charge in [-0.1, -0.05) is 0 Å². The van der Waals surface area contributed by atoms with Crippen LogP contribution in [0, 0.1) is 0 Å². The Hall–Kier alpha value is -0.980. The number of fused-ring (bicyclic) bond motifs is 1. The number of nitrogens with two attached hydrogens (primary N) is 1. The zero-order chi connectivity index (χ0) is 13.9. The van der Waals surface area contributed by atoms with E-state index in [1.165, 1.54) is 37.3 Å². The molecule has 0 saturated carbocycles. The average molecular weight is 309 g/mol. The lowest BCUT2D eigenvalue weighted by Crippen LogP contribution is -2.21.